The molecule has 2 rings (SSSR count). The molecule has 0 fully saturated rings. The Morgan fingerprint density at radius 3 is 2.26 bits per heavy atom. The minimum atomic E-state index is -4.08. The topological polar surface area (TPSA) is 83.6 Å². The van der Waals surface area contributed by atoms with Crippen LogP contribution in [-0.4, -0.2) is 32.2 Å². The van der Waals surface area contributed by atoms with Crippen molar-refractivity contribution in [2.45, 2.75) is 77.3 Å². The van der Waals surface area contributed by atoms with Crippen molar-refractivity contribution in [2.75, 3.05) is 4.31 Å². The summed E-state index contributed by atoms with van der Waals surface area (Å²) in [5.41, 5.74) is 0.707. The van der Waals surface area contributed by atoms with Crippen molar-refractivity contribution in [2.24, 2.45) is 5.92 Å². The Kier molecular flexibility index (Phi) is 10.3. The van der Waals surface area contributed by atoms with Gasteiger partial charge in [0.05, 0.1) is 16.6 Å². The maximum absolute atomic E-state index is 14.8. The fraction of sp³-hybridized carbons (Fsp3) is 0.462. The van der Waals surface area contributed by atoms with Crippen LogP contribution in [0.4, 0.5) is 10.1 Å². The number of benzene rings is 2. The van der Waals surface area contributed by atoms with E-state index >= 15 is 0 Å². The van der Waals surface area contributed by atoms with Crippen molar-refractivity contribution in [3.8, 4) is 0 Å². The van der Waals surface area contributed by atoms with Crippen molar-refractivity contribution in [3.63, 3.8) is 0 Å². The molecule has 0 aliphatic heterocycles. The van der Waals surface area contributed by atoms with Crippen LogP contribution < -0.4 is 9.62 Å². The quantitative estimate of drug-likeness (QED) is 0.363. The van der Waals surface area contributed by atoms with Crippen molar-refractivity contribution in [1.82, 2.24) is 5.32 Å². The molecule has 0 radical (unpaired) electrons. The Balaban J connectivity index is 2.17. The first kappa shape index (κ1) is 28.8. The predicted molar refractivity (Wildman–Crippen MR) is 138 cm³/mol. The first-order chi connectivity index (χ1) is 16.3. The summed E-state index contributed by atoms with van der Waals surface area (Å²) in [5, 5.41) is 3.16. The first-order valence-corrected chi connectivity index (χ1v) is 13.5. The third-order valence-corrected chi connectivity index (χ3v) is 8.00. The minimum absolute atomic E-state index is 0.00710. The third-order valence-electron chi connectivity index (χ3n) is 5.81. The number of ketones is 1. The van der Waals surface area contributed by atoms with Crippen LogP contribution in [0, 0.1) is 18.7 Å². The lowest BCUT2D eigenvalue weighted by atomic mass is 10.0. The third kappa shape index (κ3) is 7.77. The maximum atomic E-state index is 14.8. The smallest absolute Gasteiger partial charge is 0.264 e. The van der Waals surface area contributed by atoms with Gasteiger partial charge in [-0.2, -0.15) is 0 Å². The Morgan fingerprint density at radius 2 is 1.69 bits per heavy atom. The van der Waals surface area contributed by atoms with E-state index in [2.05, 4.69) is 5.32 Å². The number of hydrogen-bond acceptors (Lipinski definition) is 4. The number of hydrogen-bond donors (Lipinski definition) is 1. The summed E-state index contributed by atoms with van der Waals surface area (Å²) in [5.74, 6) is -0.956. The predicted octanol–water partition coefficient (Wildman–Crippen LogP) is 5.66. The number of halogens is 2. The standard InChI is InChI=1S/C26H34ClFN2O4S/c1-17(2)26(20(5)31)29-25(32)9-7-6-8-19(4)30(24-16-18(3)10-15-23(24)28)35(33,34)22-13-11-21(27)12-14-22/h10-17,19,26H,6-9H2,1-5H3,(H,29,32)/t19-,26+/m1/s1. The zero-order valence-electron chi connectivity index (χ0n) is 20.8. The van der Waals surface area contributed by atoms with Gasteiger partial charge < -0.3 is 5.32 Å². The highest BCUT2D eigenvalue weighted by Crippen LogP contribution is 2.31. The van der Waals surface area contributed by atoms with Crippen molar-refractivity contribution < 1.29 is 22.4 Å². The maximum Gasteiger partial charge on any atom is 0.264 e. The Morgan fingerprint density at radius 1 is 1.06 bits per heavy atom. The molecule has 192 valence electrons. The van der Waals surface area contributed by atoms with Gasteiger partial charge in [-0.3, -0.25) is 13.9 Å². The molecular weight excluding hydrogens is 491 g/mol. The number of unbranched alkanes of at least 4 members (excludes halogenated alkanes) is 1. The molecule has 1 N–H and O–H groups in total. The Hall–Kier alpha value is -2.45. The molecule has 0 aromatic heterocycles. The van der Waals surface area contributed by atoms with Gasteiger partial charge in [0.25, 0.3) is 10.0 Å². The molecule has 2 aromatic carbocycles. The summed E-state index contributed by atoms with van der Waals surface area (Å²) in [6.45, 7) is 8.68. The second-order valence-corrected chi connectivity index (χ2v) is 11.5. The molecule has 0 aliphatic rings. The van der Waals surface area contributed by atoms with Crippen LogP contribution in [0.25, 0.3) is 0 Å². The van der Waals surface area contributed by atoms with Gasteiger partial charge in [-0.05, 0) is 81.5 Å². The van der Waals surface area contributed by atoms with E-state index in [9.17, 15) is 22.4 Å². The van der Waals surface area contributed by atoms with E-state index in [0.717, 1.165) is 9.87 Å². The van der Waals surface area contributed by atoms with Gasteiger partial charge in [0.2, 0.25) is 5.91 Å². The fourth-order valence-electron chi connectivity index (χ4n) is 3.94. The molecule has 9 heteroatoms. The molecule has 0 saturated carbocycles. The molecule has 2 atom stereocenters. The Labute approximate surface area is 212 Å². The molecule has 35 heavy (non-hydrogen) atoms. The number of sulfonamides is 1. The second kappa shape index (κ2) is 12.5. The zero-order valence-corrected chi connectivity index (χ0v) is 22.4. The summed E-state index contributed by atoms with van der Waals surface area (Å²) in [7, 11) is -4.08. The molecule has 0 spiro atoms. The molecular formula is C26H34ClFN2O4S. The van der Waals surface area contributed by atoms with Crippen LogP contribution in [0.15, 0.2) is 47.4 Å². The summed E-state index contributed by atoms with van der Waals surface area (Å²) in [6, 6.07) is 9.02. The number of amides is 1. The van der Waals surface area contributed by atoms with Gasteiger partial charge in [0.1, 0.15) is 5.82 Å². The zero-order chi connectivity index (χ0) is 26.3. The minimum Gasteiger partial charge on any atom is -0.346 e. The molecule has 0 saturated heterocycles. The number of Topliss-reactive ketones (excluding diaryl/α,β-unsaturated/α-hetero) is 1. The SMILES string of the molecule is CC(=O)[C@@H](NC(=O)CCCC[C@@H](C)N(c1cc(C)ccc1F)S(=O)(=O)c1ccc(Cl)cc1)C(C)C. The number of anilines is 1. The van der Waals surface area contributed by atoms with Crippen LogP contribution in [0.3, 0.4) is 0 Å². The van der Waals surface area contributed by atoms with Gasteiger partial charge in [0, 0.05) is 17.5 Å². The highest BCUT2D eigenvalue weighted by molar-refractivity contribution is 7.92. The Bertz CT molecular complexity index is 1140. The molecule has 2 aromatic rings. The van der Waals surface area contributed by atoms with Crippen LogP contribution >= 0.6 is 11.6 Å². The van der Waals surface area contributed by atoms with Gasteiger partial charge in [-0.25, -0.2) is 12.8 Å². The summed E-state index contributed by atoms with van der Waals surface area (Å²) in [6.07, 6.45) is 1.67. The second-order valence-electron chi connectivity index (χ2n) is 9.20. The number of aryl methyl sites for hydroxylation is 1. The van der Waals surface area contributed by atoms with E-state index in [-0.39, 0.29) is 34.6 Å². The monoisotopic (exact) mass is 524 g/mol. The van der Waals surface area contributed by atoms with Gasteiger partial charge in [-0.1, -0.05) is 37.9 Å². The molecule has 0 unspecified atom stereocenters. The summed E-state index contributed by atoms with van der Waals surface area (Å²) in [4.78, 5) is 24.0. The first-order valence-electron chi connectivity index (χ1n) is 11.7. The van der Waals surface area contributed by atoms with E-state index in [1.165, 1.54) is 43.3 Å². The van der Waals surface area contributed by atoms with Crippen molar-refractivity contribution >= 4 is 39.0 Å². The average Bonchev–Trinajstić information content (AvgIpc) is 2.77. The lowest BCUT2D eigenvalue weighted by molar-refractivity contribution is -0.127. The van der Waals surface area contributed by atoms with Gasteiger partial charge in [0.15, 0.2) is 5.78 Å². The van der Waals surface area contributed by atoms with Crippen LogP contribution in [0.5, 0.6) is 0 Å². The van der Waals surface area contributed by atoms with Crippen molar-refractivity contribution in [3.05, 3.63) is 58.9 Å². The fourth-order valence-corrected chi connectivity index (χ4v) is 5.75. The van der Waals surface area contributed by atoms with E-state index < -0.39 is 27.9 Å². The molecule has 0 bridgehead atoms. The highest BCUT2D eigenvalue weighted by Gasteiger charge is 2.31. The molecule has 6 nitrogen and oxygen atoms in total. The van der Waals surface area contributed by atoms with E-state index in [1.54, 1.807) is 19.9 Å². The van der Waals surface area contributed by atoms with Crippen molar-refractivity contribution in [1.29, 1.82) is 0 Å². The average molecular weight is 525 g/mol. The van der Waals surface area contributed by atoms with Crippen LogP contribution in [-0.2, 0) is 19.6 Å². The largest absolute Gasteiger partial charge is 0.346 e. The number of carbonyl (C=O) groups is 2. The number of nitrogens with one attached hydrogen (secondary N) is 1. The lowest BCUT2D eigenvalue weighted by Gasteiger charge is -2.31. The highest BCUT2D eigenvalue weighted by atomic mass is 35.5. The van der Waals surface area contributed by atoms with E-state index in [1.807, 2.05) is 13.8 Å². The van der Waals surface area contributed by atoms with Gasteiger partial charge in [-0.15, -0.1) is 0 Å². The van der Waals surface area contributed by atoms with Crippen LogP contribution in [0.2, 0.25) is 5.02 Å². The number of carbonyl (C=O) groups excluding carboxylic acids is 2. The molecule has 1 amide bonds. The molecule has 0 aliphatic carbocycles. The lowest BCUT2D eigenvalue weighted by Crippen LogP contribution is -2.43. The van der Waals surface area contributed by atoms with Gasteiger partial charge >= 0.3 is 0 Å². The summed E-state index contributed by atoms with van der Waals surface area (Å²) >= 11 is 5.92. The van der Waals surface area contributed by atoms with E-state index in [0.29, 0.717) is 24.3 Å². The number of rotatable bonds is 12. The normalized spacial score (nSPS) is 13.4. The summed E-state index contributed by atoms with van der Waals surface area (Å²) < 4.78 is 43.1. The van der Waals surface area contributed by atoms with E-state index in [4.69, 9.17) is 11.6 Å². The molecule has 0 heterocycles. The number of nitrogens with zero attached hydrogens (tertiary/aromatic N) is 1. The van der Waals surface area contributed by atoms with Crippen LogP contribution in [0.1, 0.15) is 58.9 Å².